The Morgan fingerprint density at radius 2 is 2.05 bits per heavy atom. The zero-order valence-electron chi connectivity index (χ0n) is 12.0. The van der Waals surface area contributed by atoms with Crippen molar-refractivity contribution in [3.8, 4) is 0 Å². The lowest BCUT2D eigenvalue weighted by molar-refractivity contribution is -0.123. The van der Waals surface area contributed by atoms with E-state index in [0.717, 1.165) is 31.5 Å². The Hall–Kier alpha value is -2.57. The van der Waals surface area contributed by atoms with E-state index in [9.17, 15) is 14.4 Å². The van der Waals surface area contributed by atoms with E-state index >= 15 is 0 Å². The highest BCUT2D eigenvalue weighted by Crippen LogP contribution is 2.39. The van der Waals surface area contributed by atoms with Crippen LogP contribution in [-0.2, 0) is 9.59 Å². The lowest BCUT2D eigenvalue weighted by Gasteiger charge is -2.45. The number of hydrogen-bond donors (Lipinski definition) is 2. The first-order valence-corrected chi connectivity index (χ1v) is 7.22. The van der Waals surface area contributed by atoms with Gasteiger partial charge < -0.3 is 15.7 Å². The number of carbonyl (C=O) groups is 3. The first-order chi connectivity index (χ1) is 10.5. The molecule has 116 valence electrons. The van der Waals surface area contributed by atoms with Crippen LogP contribution in [0.15, 0.2) is 18.2 Å². The van der Waals surface area contributed by atoms with Gasteiger partial charge in [0.2, 0.25) is 11.8 Å². The summed E-state index contributed by atoms with van der Waals surface area (Å²) >= 11 is 0. The van der Waals surface area contributed by atoms with Crippen LogP contribution in [-0.4, -0.2) is 42.0 Å². The number of benzene rings is 1. The van der Waals surface area contributed by atoms with Crippen LogP contribution in [0.3, 0.4) is 0 Å². The fourth-order valence-corrected chi connectivity index (χ4v) is 3.21. The molecule has 0 aliphatic carbocycles. The predicted molar refractivity (Wildman–Crippen MR) is 79.9 cm³/mol. The zero-order valence-corrected chi connectivity index (χ0v) is 12.0. The number of carboxylic acids is 1. The van der Waals surface area contributed by atoms with E-state index in [1.54, 1.807) is 6.07 Å². The van der Waals surface area contributed by atoms with Crippen molar-refractivity contribution in [2.45, 2.75) is 25.3 Å². The van der Waals surface area contributed by atoms with Gasteiger partial charge in [0, 0.05) is 6.54 Å². The number of anilines is 2. The second-order valence-electron chi connectivity index (χ2n) is 5.60. The van der Waals surface area contributed by atoms with E-state index in [0.29, 0.717) is 5.69 Å². The van der Waals surface area contributed by atoms with Gasteiger partial charge in [-0.2, -0.15) is 0 Å². The van der Waals surface area contributed by atoms with Crippen LogP contribution < -0.4 is 15.5 Å². The molecule has 0 saturated carbocycles. The Labute approximate surface area is 127 Å². The van der Waals surface area contributed by atoms with Crippen molar-refractivity contribution in [1.82, 2.24) is 0 Å². The topological polar surface area (TPSA) is 104 Å². The SMILES string of the molecule is NC(=O)CN1C(=O)C2CCCCN2c2ccc(C(=O)O)cc21. The molecule has 3 N–H and O–H groups in total. The van der Waals surface area contributed by atoms with Crippen molar-refractivity contribution in [3.05, 3.63) is 23.8 Å². The monoisotopic (exact) mass is 303 g/mol. The molecule has 2 amide bonds. The maximum Gasteiger partial charge on any atom is 0.335 e. The van der Waals surface area contributed by atoms with Crippen LogP contribution >= 0.6 is 0 Å². The molecule has 7 nitrogen and oxygen atoms in total. The number of nitrogens with two attached hydrogens (primary N) is 1. The Morgan fingerprint density at radius 3 is 2.73 bits per heavy atom. The highest BCUT2D eigenvalue weighted by atomic mass is 16.4. The van der Waals surface area contributed by atoms with Crippen LogP contribution in [0.4, 0.5) is 11.4 Å². The molecular formula is C15H17N3O4. The minimum atomic E-state index is -1.07. The van der Waals surface area contributed by atoms with Crippen LogP contribution in [0.25, 0.3) is 0 Å². The van der Waals surface area contributed by atoms with Gasteiger partial charge in [0.05, 0.1) is 16.9 Å². The quantitative estimate of drug-likeness (QED) is 0.850. The fraction of sp³-hybridized carbons (Fsp3) is 0.400. The summed E-state index contributed by atoms with van der Waals surface area (Å²) in [6, 6.07) is 4.36. The third kappa shape index (κ3) is 2.28. The van der Waals surface area contributed by atoms with Gasteiger partial charge in [-0.05, 0) is 37.5 Å². The van der Waals surface area contributed by atoms with E-state index in [1.807, 2.05) is 4.90 Å². The Balaban J connectivity index is 2.11. The first-order valence-electron chi connectivity index (χ1n) is 7.22. The number of amides is 2. The maximum atomic E-state index is 12.7. The number of hydrogen-bond acceptors (Lipinski definition) is 4. The van der Waals surface area contributed by atoms with Gasteiger partial charge in [0.15, 0.2) is 0 Å². The van der Waals surface area contributed by atoms with E-state index < -0.39 is 11.9 Å². The average molecular weight is 303 g/mol. The minimum absolute atomic E-state index is 0.0801. The molecule has 1 unspecified atom stereocenters. The Kier molecular flexibility index (Phi) is 3.48. The number of aromatic carboxylic acids is 1. The largest absolute Gasteiger partial charge is 0.478 e. The number of carbonyl (C=O) groups excluding carboxylic acids is 2. The summed E-state index contributed by atoms with van der Waals surface area (Å²) in [5, 5.41) is 9.14. The molecule has 0 spiro atoms. The lowest BCUT2D eigenvalue weighted by Crippen LogP contribution is -2.56. The minimum Gasteiger partial charge on any atom is -0.478 e. The van der Waals surface area contributed by atoms with E-state index in [1.165, 1.54) is 17.0 Å². The molecule has 2 aliphatic heterocycles. The molecule has 0 bridgehead atoms. The third-order valence-electron chi connectivity index (χ3n) is 4.19. The number of nitrogens with zero attached hydrogens (tertiary/aromatic N) is 2. The summed E-state index contributed by atoms with van der Waals surface area (Å²) in [5.74, 6) is -1.88. The van der Waals surface area contributed by atoms with Gasteiger partial charge in [0.1, 0.15) is 12.6 Å². The van der Waals surface area contributed by atoms with Crippen LogP contribution in [0.1, 0.15) is 29.6 Å². The first kappa shape index (κ1) is 14.4. The lowest BCUT2D eigenvalue weighted by atomic mass is 9.95. The summed E-state index contributed by atoms with van der Waals surface area (Å²) in [4.78, 5) is 38.5. The third-order valence-corrected chi connectivity index (χ3v) is 4.19. The molecule has 1 aromatic carbocycles. The van der Waals surface area contributed by atoms with Gasteiger partial charge in [-0.15, -0.1) is 0 Å². The molecule has 0 radical (unpaired) electrons. The molecule has 1 aromatic rings. The maximum absolute atomic E-state index is 12.7. The van der Waals surface area contributed by atoms with Gasteiger partial charge in [-0.1, -0.05) is 0 Å². The molecule has 7 heteroatoms. The Bertz CT molecular complexity index is 658. The highest BCUT2D eigenvalue weighted by molar-refractivity contribution is 6.09. The Morgan fingerprint density at radius 1 is 1.27 bits per heavy atom. The molecule has 1 fully saturated rings. The molecule has 0 aromatic heterocycles. The van der Waals surface area contributed by atoms with E-state index in [4.69, 9.17) is 10.8 Å². The van der Waals surface area contributed by atoms with Gasteiger partial charge in [-0.25, -0.2) is 4.79 Å². The van der Waals surface area contributed by atoms with E-state index in [2.05, 4.69) is 0 Å². The van der Waals surface area contributed by atoms with Crippen molar-refractivity contribution < 1.29 is 19.5 Å². The number of rotatable bonds is 3. The normalized spacial score (nSPS) is 20.4. The number of fused-ring (bicyclic) bond motifs is 3. The van der Waals surface area contributed by atoms with Gasteiger partial charge in [-0.3, -0.25) is 14.5 Å². The molecule has 1 atom stereocenters. The van der Waals surface area contributed by atoms with Crippen molar-refractivity contribution in [2.75, 3.05) is 22.9 Å². The molecule has 3 rings (SSSR count). The van der Waals surface area contributed by atoms with Crippen LogP contribution in [0.5, 0.6) is 0 Å². The molecule has 2 aliphatic rings. The standard InChI is InChI=1S/C15H17N3O4/c16-13(19)8-18-12-7-9(15(21)22)4-5-10(12)17-6-2-1-3-11(17)14(18)20/h4-5,7,11H,1-3,6,8H2,(H2,16,19)(H,21,22). The second kappa shape index (κ2) is 5.32. The predicted octanol–water partition coefficient (Wildman–Crippen LogP) is 0.576. The van der Waals surface area contributed by atoms with Gasteiger partial charge in [0.25, 0.3) is 0 Å². The summed E-state index contributed by atoms with van der Waals surface area (Å²) in [7, 11) is 0. The fourth-order valence-electron chi connectivity index (χ4n) is 3.21. The van der Waals surface area contributed by atoms with E-state index in [-0.39, 0.29) is 24.1 Å². The number of carboxylic acid groups (broad SMARTS) is 1. The number of primary amides is 1. The molecular weight excluding hydrogens is 286 g/mol. The summed E-state index contributed by atoms with van der Waals surface area (Å²) in [6.07, 6.45) is 2.67. The van der Waals surface area contributed by atoms with Crippen LogP contribution in [0, 0.1) is 0 Å². The number of piperidine rings is 1. The van der Waals surface area contributed by atoms with Crippen molar-refractivity contribution in [3.63, 3.8) is 0 Å². The zero-order chi connectivity index (χ0) is 15.9. The molecule has 1 saturated heterocycles. The summed E-state index contributed by atoms with van der Waals surface area (Å²) in [6.45, 7) is 0.513. The molecule has 22 heavy (non-hydrogen) atoms. The molecule has 2 heterocycles. The van der Waals surface area contributed by atoms with Crippen molar-refractivity contribution >= 4 is 29.2 Å². The summed E-state index contributed by atoms with van der Waals surface area (Å²) < 4.78 is 0. The van der Waals surface area contributed by atoms with Gasteiger partial charge >= 0.3 is 5.97 Å². The smallest absolute Gasteiger partial charge is 0.335 e. The van der Waals surface area contributed by atoms with Crippen molar-refractivity contribution in [2.24, 2.45) is 5.73 Å². The average Bonchev–Trinajstić information content (AvgIpc) is 2.50. The van der Waals surface area contributed by atoms with Crippen molar-refractivity contribution in [1.29, 1.82) is 0 Å². The van der Waals surface area contributed by atoms with Crippen LogP contribution in [0.2, 0.25) is 0 Å². The summed E-state index contributed by atoms with van der Waals surface area (Å²) in [5.41, 5.74) is 6.56. The second-order valence-corrected chi connectivity index (χ2v) is 5.60. The highest BCUT2D eigenvalue weighted by Gasteiger charge is 2.40.